The first kappa shape index (κ1) is 11.3. The van der Waals surface area contributed by atoms with E-state index in [1.54, 1.807) is 17.6 Å². The van der Waals surface area contributed by atoms with Crippen LogP contribution in [0.3, 0.4) is 0 Å². The lowest BCUT2D eigenvalue weighted by atomic mass is 10.2. The third-order valence-corrected chi connectivity index (χ3v) is 3.06. The predicted octanol–water partition coefficient (Wildman–Crippen LogP) is 2.72. The van der Waals surface area contributed by atoms with Crippen LogP contribution in [-0.4, -0.2) is 14.8 Å². The summed E-state index contributed by atoms with van der Waals surface area (Å²) in [7, 11) is 0. The Bertz CT molecular complexity index is 604. The van der Waals surface area contributed by atoms with Crippen molar-refractivity contribution in [1.29, 1.82) is 0 Å². The van der Waals surface area contributed by atoms with Crippen LogP contribution in [-0.2, 0) is 0 Å². The van der Waals surface area contributed by atoms with Crippen LogP contribution in [0.25, 0.3) is 5.69 Å². The molecule has 4 nitrogen and oxygen atoms in total. The zero-order valence-electron chi connectivity index (χ0n) is 8.29. The van der Waals surface area contributed by atoms with Gasteiger partial charge in [0.15, 0.2) is 0 Å². The minimum atomic E-state index is -0.324. The van der Waals surface area contributed by atoms with Gasteiger partial charge >= 0.3 is 0 Å². The Morgan fingerprint density at radius 2 is 2.25 bits per heavy atom. The second-order valence-corrected chi connectivity index (χ2v) is 4.52. The summed E-state index contributed by atoms with van der Waals surface area (Å²) in [5, 5.41) is 6.38. The van der Waals surface area contributed by atoms with Crippen molar-refractivity contribution in [2.45, 2.75) is 6.92 Å². The molecular formula is C9H8BrFN4S. The van der Waals surface area contributed by atoms with Gasteiger partial charge in [0.25, 0.3) is 0 Å². The highest BCUT2D eigenvalue weighted by Gasteiger charge is 2.10. The molecule has 84 valence electrons. The lowest BCUT2D eigenvalue weighted by Gasteiger charge is -2.08. The highest BCUT2D eigenvalue weighted by Crippen LogP contribution is 2.24. The van der Waals surface area contributed by atoms with Crippen molar-refractivity contribution in [2.24, 2.45) is 0 Å². The molecular weight excluding hydrogens is 295 g/mol. The molecule has 0 atom stereocenters. The largest absolute Gasteiger partial charge is 0.368 e. The summed E-state index contributed by atoms with van der Waals surface area (Å²) in [6.07, 6.45) is 0. The summed E-state index contributed by atoms with van der Waals surface area (Å²) in [5.41, 5.74) is 7.10. The highest BCUT2D eigenvalue weighted by atomic mass is 79.9. The van der Waals surface area contributed by atoms with Gasteiger partial charge in [0.05, 0.1) is 10.2 Å². The molecule has 0 saturated heterocycles. The minimum absolute atomic E-state index is 0.242. The molecule has 0 fully saturated rings. The van der Waals surface area contributed by atoms with Gasteiger partial charge in [-0.25, -0.2) is 9.49 Å². The Morgan fingerprint density at radius 1 is 1.56 bits per heavy atom. The fourth-order valence-electron chi connectivity index (χ4n) is 1.42. The molecule has 0 unspecified atom stereocenters. The van der Waals surface area contributed by atoms with Crippen LogP contribution in [0, 0.1) is 17.5 Å². The number of aromatic nitrogens is 3. The van der Waals surface area contributed by atoms with Gasteiger partial charge in [-0.2, -0.15) is 0 Å². The molecule has 2 rings (SSSR count). The number of hydrogen-bond acceptors (Lipinski definition) is 3. The minimum Gasteiger partial charge on any atom is -0.368 e. The number of nitrogen functional groups attached to an aromatic ring is 1. The van der Waals surface area contributed by atoms with E-state index in [0.717, 1.165) is 5.56 Å². The van der Waals surface area contributed by atoms with Gasteiger partial charge < -0.3 is 5.73 Å². The van der Waals surface area contributed by atoms with Gasteiger partial charge in [-0.3, -0.25) is 4.57 Å². The molecule has 2 aromatic rings. The summed E-state index contributed by atoms with van der Waals surface area (Å²) in [5.74, 6) is -0.0820. The quantitative estimate of drug-likeness (QED) is 0.796. The molecule has 0 saturated carbocycles. The van der Waals surface area contributed by atoms with Crippen LogP contribution in [0.4, 0.5) is 10.3 Å². The number of aryl methyl sites for hydroxylation is 1. The summed E-state index contributed by atoms with van der Waals surface area (Å²) in [6, 6.07) is 3.03. The molecule has 16 heavy (non-hydrogen) atoms. The van der Waals surface area contributed by atoms with Crippen molar-refractivity contribution >= 4 is 34.1 Å². The number of H-pyrrole nitrogens is 1. The van der Waals surface area contributed by atoms with E-state index in [1.165, 1.54) is 6.07 Å². The molecule has 0 amide bonds. The fourth-order valence-corrected chi connectivity index (χ4v) is 1.99. The number of hydrogen-bond donors (Lipinski definition) is 2. The second kappa shape index (κ2) is 3.99. The van der Waals surface area contributed by atoms with Gasteiger partial charge in [0.2, 0.25) is 10.7 Å². The topological polar surface area (TPSA) is 59.6 Å². The fraction of sp³-hybridized carbons (Fsp3) is 0.111. The molecule has 0 spiro atoms. The van der Waals surface area contributed by atoms with Crippen molar-refractivity contribution in [3.05, 3.63) is 32.8 Å². The van der Waals surface area contributed by atoms with Crippen LogP contribution in [0.5, 0.6) is 0 Å². The number of nitrogens with one attached hydrogen (secondary N) is 1. The van der Waals surface area contributed by atoms with E-state index in [2.05, 4.69) is 26.1 Å². The Labute approximate surface area is 104 Å². The van der Waals surface area contributed by atoms with Crippen LogP contribution >= 0.6 is 28.1 Å². The third-order valence-electron chi connectivity index (χ3n) is 2.18. The number of aromatic amines is 1. The van der Waals surface area contributed by atoms with Gasteiger partial charge in [0, 0.05) is 0 Å². The summed E-state index contributed by atoms with van der Waals surface area (Å²) < 4.78 is 15.5. The second-order valence-electron chi connectivity index (χ2n) is 3.28. The van der Waals surface area contributed by atoms with Gasteiger partial charge in [-0.1, -0.05) is 0 Å². The van der Waals surface area contributed by atoms with Gasteiger partial charge in [0.1, 0.15) is 5.82 Å². The maximum absolute atomic E-state index is 13.3. The standard InChI is InChI=1S/C9H8BrFN4S/c1-4-2-6(11)5(10)3-7(4)15-8(12)13-14-9(15)16/h2-3H,1H3,(H2,12,13)(H,14,16). The van der Waals surface area contributed by atoms with E-state index >= 15 is 0 Å². The molecule has 0 aliphatic rings. The molecule has 1 aromatic heterocycles. The molecule has 3 N–H and O–H groups in total. The van der Waals surface area contributed by atoms with Crippen molar-refractivity contribution in [3.63, 3.8) is 0 Å². The number of halogens is 2. The van der Waals surface area contributed by atoms with E-state index in [0.29, 0.717) is 14.9 Å². The molecule has 1 aromatic carbocycles. The van der Waals surface area contributed by atoms with E-state index in [4.69, 9.17) is 18.0 Å². The lowest BCUT2D eigenvalue weighted by molar-refractivity contribution is 0.619. The maximum Gasteiger partial charge on any atom is 0.225 e. The maximum atomic E-state index is 13.3. The number of benzene rings is 1. The van der Waals surface area contributed by atoms with E-state index < -0.39 is 0 Å². The summed E-state index contributed by atoms with van der Waals surface area (Å²) >= 11 is 8.17. The molecule has 0 radical (unpaired) electrons. The number of nitrogens with zero attached hydrogens (tertiary/aromatic N) is 2. The smallest absolute Gasteiger partial charge is 0.225 e. The van der Waals surface area contributed by atoms with E-state index in [1.807, 2.05) is 0 Å². The van der Waals surface area contributed by atoms with E-state index in [9.17, 15) is 4.39 Å². The van der Waals surface area contributed by atoms with Gasteiger partial charge in [-0.05, 0) is 52.8 Å². The molecule has 1 heterocycles. The predicted molar refractivity (Wildman–Crippen MR) is 65.6 cm³/mol. The SMILES string of the molecule is Cc1cc(F)c(Br)cc1-n1c(N)n[nH]c1=S. The van der Waals surface area contributed by atoms with Crippen LogP contribution in [0.2, 0.25) is 0 Å². The van der Waals surface area contributed by atoms with E-state index in [-0.39, 0.29) is 11.8 Å². The summed E-state index contributed by atoms with van der Waals surface area (Å²) in [6.45, 7) is 1.78. The zero-order chi connectivity index (χ0) is 11.9. The molecule has 0 bridgehead atoms. The monoisotopic (exact) mass is 302 g/mol. The van der Waals surface area contributed by atoms with Crippen molar-refractivity contribution in [3.8, 4) is 5.69 Å². The first-order valence-corrected chi connectivity index (χ1v) is 5.59. The molecule has 0 aliphatic carbocycles. The molecule has 0 aliphatic heterocycles. The first-order chi connectivity index (χ1) is 7.50. The van der Waals surface area contributed by atoms with Gasteiger partial charge in [-0.15, -0.1) is 5.10 Å². The zero-order valence-corrected chi connectivity index (χ0v) is 10.7. The Morgan fingerprint density at radius 3 is 2.81 bits per heavy atom. The number of rotatable bonds is 1. The highest BCUT2D eigenvalue weighted by molar-refractivity contribution is 9.10. The van der Waals surface area contributed by atoms with Crippen molar-refractivity contribution in [2.75, 3.05) is 5.73 Å². The number of nitrogens with two attached hydrogens (primary N) is 1. The first-order valence-electron chi connectivity index (χ1n) is 4.39. The average Bonchev–Trinajstić information content (AvgIpc) is 2.53. The summed E-state index contributed by atoms with van der Waals surface area (Å²) in [4.78, 5) is 0. The lowest BCUT2D eigenvalue weighted by Crippen LogP contribution is -2.03. The Balaban J connectivity index is 2.74. The molecule has 7 heteroatoms. The Hall–Kier alpha value is -1.21. The average molecular weight is 303 g/mol. The Kier molecular flexibility index (Phi) is 2.81. The van der Waals surface area contributed by atoms with Crippen LogP contribution < -0.4 is 5.73 Å². The normalized spacial score (nSPS) is 10.7. The van der Waals surface area contributed by atoms with Crippen LogP contribution in [0.1, 0.15) is 5.56 Å². The van der Waals surface area contributed by atoms with Crippen molar-refractivity contribution in [1.82, 2.24) is 14.8 Å². The van der Waals surface area contributed by atoms with Crippen LogP contribution in [0.15, 0.2) is 16.6 Å². The third kappa shape index (κ3) is 1.76. The van der Waals surface area contributed by atoms with Crippen molar-refractivity contribution < 1.29 is 4.39 Å². The number of anilines is 1.